The van der Waals surface area contributed by atoms with Gasteiger partial charge >= 0.3 is 0 Å². The number of thioether (sulfide) groups is 1. The van der Waals surface area contributed by atoms with Crippen LogP contribution in [-0.2, 0) is 4.79 Å². The number of hydrogen-bond acceptors (Lipinski definition) is 6. The Balaban J connectivity index is 1.30. The van der Waals surface area contributed by atoms with Gasteiger partial charge in [-0.15, -0.1) is 11.8 Å². The number of rotatable bonds is 5. The lowest BCUT2D eigenvalue weighted by molar-refractivity contribution is -0.136. The van der Waals surface area contributed by atoms with Gasteiger partial charge in [-0.25, -0.2) is 14.6 Å². The summed E-state index contributed by atoms with van der Waals surface area (Å²) >= 11 is 1.70. The van der Waals surface area contributed by atoms with E-state index < -0.39 is 0 Å². The third-order valence-corrected chi connectivity index (χ3v) is 7.20. The number of amides is 1. The Morgan fingerprint density at radius 3 is 2.52 bits per heavy atom. The van der Waals surface area contributed by atoms with Crippen LogP contribution in [0.15, 0.2) is 41.7 Å². The van der Waals surface area contributed by atoms with Crippen molar-refractivity contribution in [2.45, 2.75) is 49.5 Å². The van der Waals surface area contributed by atoms with E-state index in [9.17, 15) is 4.79 Å². The molecule has 0 radical (unpaired) electrons. The van der Waals surface area contributed by atoms with Crippen LogP contribution in [0, 0.1) is 5.92 Å². The molecule has 1 saturated heterocycles. The van der Waals surface area contributed by atoms with Gasteiger partial charge in [0, 0.05) is 23.9 Å². The van der Waals surface area contributed by atoms with Gasteiger partial charge in [0.25, 0.3) is 0 Å². The number of hydrogen-bond donors (Lipinski definition) is 0. The maximum absolute atomic E-state index is 12.7. The number of carbonyl (C=O) groups is 1. The number of piperidine rings is 1. The molecule has 2 aliphatic rings. The van der Waals surface area contributed by atoms with Crippen LogP contribution < -0.4 is 4.74 Å². The fraction of sp³-hybridized carbons (Fsp3) is 0.478. The molecule has 0 atom stereocenters. The molecule has 5 rings (SSSR count). The quantitative estimate of drug-likeness (QED) is 0.539. The van der Waals surface area contributed by atoms with Crippen LogP contribution in [0.5, 0.6) is 11.6 Å². The normalized spacial score (nSPS) is 18.0. The molecule has 1 aliphatic heterocycles. The number of benzene rings is 1. The standard InChI is InChI=1S/C23H27N5O2S/c1-31-19-8-6-18(7-9-19)30-22-20-14-26-28(21(20)24-15-25-22)17-10-12-27(13-11-17)23(29)16-4-2-3-5-16/h6-9,14-17H,2-5,10-13H2,1H3. The predicted molar refractivity (Wildman–Crippen MR) is 120 cm³/mol. The highest BCUT2D eigenvalue weighted by Gasteiger charge is 2.31. The fourth-order valence-electron chi connectivity index (χ4n) is 4.71. The van der Waals surface area contributed by atoms with Crippen molar-refractivity contribution >= 4 is 28.7 Å². The molecule has 0 spiro atoms. The third kappa shape index (κ3) is 4.13. The van der Waals surface area contributed by atoms with Crippen LogP contribution in [0.1, 0.15) is 44.6 Å². The molecule has 7 nitrogen and oxygen atoms in total. The van der Waals surface area contributed by atoms with E-state index >= 15 is 0 Å². The van der Waals surface area contributed by atoms with Crippen molar-refractivity contribution in [2.24, 2.45) is 5.92 Å². The zero-order chi connectivity index (χ0) is 21.2. The first-order valence-electron chi connectivity index (χ1n) is 11.0. The zero-order valence-corrected chi connectivity index (χ0v) is 18.6. The van der Waals surface area contributed by atoms with E-state index in [-0.39, 0.29) is 12.0 Å². The van der Waals surface area contributed by atoms with Crippen LogP contribution in [0.3, 0.4) is 0 Å². The van der Waals surface area contributed by atoms with Crippen LogP contribution in [0.2, 0.25) is 0 Å². The Bertz CT molecular complexity index is 1050. The van der Waals surface area contributed by atoms with E-state index in [1.165, 1.54) is 24.1 Å². The van der Waals surface area contributed by atoms with Gasteiger partial charge in [-0.2, -0.15) is 5.10 Å². The van der Waals surface area contributed by atoms with Crippen molar-refractivity contribution in [2.75, 3.05) is 19.3 Å². The summed E-state index contributed by atoms with van der Waals surface area (Å²) in [5.74, 6) is 1.86. The highest BCUT2D eigenvalue weighted by atomic mass is 32.2. The van der Waals surface area contributed by atoms with Crippen LogP contribution in [0.4, 0.5) is 0 Å². The number of likely N-dealkylation sites (tertiary alicyclic amines) is 1. The molecule has 162 valence electrons. The Labute approximate surface area is 186 Å². The number of ether oxygens (including phenoxy) is 1. The van der Waals surface area contributed by atoms with Gasteiger partial charge in [-0.1, -0.05) is 12.8 Å². The van der Waals surface area contributed by atoms with Crippen molar-refractivity contribution in [1.29, 1.82) is 0 Å². The van der Waals surface area contributed by atoms with Crippen molar-refractivity contribution < 1.29 is 9.53 Å². The minimum Gasteiger partial charge on any atom is -0.438 e. The Morgan fingerprint density at radius 2 is 1.81 bits per heavy atom. The molecule has 3 aromatic rings. The van der Waals surface area contributed by atoms with Gasteiger partial charge in [0.2, 0.25) is 11.8 Å². The van der Waals surface area contributed by atoms with Crippen molar-refractivity contribution in [3.05, 3.63) is 36.8 Å². The lowest BCUT2D eigenvalue weighted by Crippen LogP contribution is -2.41. The third-order valence-electron chi connectivity index (χ3n) is 6.45. The molecule has 2 aromatic heterocycles. The molecular formula is C23H27N5O2S. The van der Waals surface area contributed by atoms with E-state index in [4.69, 9.17) is 4.74 Å². The van der Waals surface area contributed by atoms with Crippen molar-refractivity contribution in [3.63, 3.8) is 0 Å². The molecule has 1 aromatic carbocycles. The summed E-state index contributed by atoms with van der Waals surface area (Å²) in [4.78, 5) is 24.8. The fourth-order valence-corrected chi connectivity index (χ4v) is 5.11. The number of fused-ring (bicyclic) bond motifs is 1. The Morgan fingerprint density at radius 1 is 1.06 bits per heavy atom. The van der Waals surface area contributed by atoms with Crippen molar-refractivity contribution in [3.8, 4) is 11.6 Å². The highest BCUT2D eigenvalue weighted by Crippen LogP contribution is 2.32. The van der Waals surface area contributed by atoms with Gasteiger partial charge < -0.3 is 9.64 Å². The smallest absolute Gasteiger partial charge is 0.233 e. The lowest BCUT2D eigenvalue weighted by atomic mass is 10.0. The molecule has 1 amide bonds. The summed E-state index contributed by atoms with van der Waals surface area (Å²) in [6, 6.07) is 8.18. The van der Waals surface area contributed by atoms with E-state index in [0.29, 0.717) is 11.8 Å². The van der Waals surface area contributed by atoms with Gasteiger partial charge in [0.05, 0.1) is 12.2 Å². The predicted octanol–water partition coefficient (Wildman–Crippen LogP) is 4.69. The summed E-state index contributed by atoms with van der Waals surface area (Å²) < 4.78 is 8.01. The molecule has 1 aliphatic carbocycles. The topological polar surface area (TPSA) is 73.1 Å². The molecule has 3 heterocycles. The largest absolute Gasteiger partial charge is 0.438 e. The average molecular weight is 438 g/mol. The van der Waals surface area contributed by atoms with E-state index in [2.05, 4.69) is 20.0 Å². The minimum absolute atomic E-state index is 0.230. The van der Waals surface area contributed by atoms with Gasteiger partial charge in [0.1, 0.15) is 17.5 Å². The highest BCUT2D eigenvalue weighted by molar-refractivity contribution is 7.98. The molecule has 2 fully saturated rings. The van der Waals surface area contributed by atoms with Gasteiger partial charge in [0.15, 0.2) is 5.65 Å². The van der Waals surface area contributed by atoms with E-state index in [0.717, 1.165) is 55.6 Å². The molecule has 0 N–H and O–H groups in total. The monoisotopic (exact) mass is 437 g/mol. The molecule has 1 saturated carbocycles. The second-order valence-electron chi connectivity index (χ2n) is 8.32. The summed E-state index contributed by atoms with van der Waals surface area (Å²) in [6.07, 6.45) is 11.7. The first kappa shape index (κ1) is 20.3. The minimum atomic E-state index is 0.230. The Kier molecular flexibility index (Phi) is 5.80. The van der Waals surface area contributed by atoms with Crippen LogP contribution in [-0.4, -0.2) is 49.9 Å². The van der Waals surface area contributed by atoms with Gasteiger partial charge in [-0.3, -0.25) is 4.79 Å². The molecular weight excluding hydrogens is 410 g/mol. The Hall–Kier alpha value is -2.61. The maximum Gasteiger partial charge on any atom is 0.233 e. The van der Waals surface area contributed by atoms with Crippen molar-refractivity contribution in [1.82, 2.24) is 24.6 Å². The lowest BCUT2D eigenvalue weighted by Gasteiger charge is -2.33. The van der Waals surface area contributed by atoms with E-state index in [1.807, 2.05) is 35.2 Å². The number of nitrogens with zero attached hydrogens (tertiary/aromatic N) is 5. The van der Waals surface area contributed by atoms with Crippen LogP contribution >= 0.6 is 11.8 Å². The second-order valence-corrected chi connectivity index (χ2v) is 9.20. The van der Waals surface area contributed by atoms with E-state index in [1.54, 1.807) is 18.0 Å². The second kappa shape index (κ2) is 8.86. The molecule has 31 heavy (non-hydrogen) atoms. The number of carbonyl (C=O) groups excluding carboxylic acids is 1. The molecule has 8 heteroatoms. The van der Waals surface area contributed by atoms with Gasteiger partial charge in [-0.05, 0) is 56.2 Å². The zero-order valence-electron chi connectivity index (χ0n) is 17.7. The average Bonchev–Trinajstić information content (AvgIpc) is 3.50. The summed E-state index contributed by atoms with van der Waals surface area (Å²) in [5.41, 5.74) is 0.784. The maximum atomic E-state index is 12.7. The SMILES string of the molecule is CSc1ccc(Oc2ncnc3c2cnn3C2CCN(C(=O)C3CCCC3)CC2)cc1. The molecule has 0 unspecified atom stereocenters. The summed E-state index contributed by atoms with van der Waals surface area (Å²) in [5, 5.41) is 5.43. The number of aromatic nitrogens is 4. The summed E-state index contributed by atoms with van der Waals surface area (Å²) in [6.45, 7) is 1.58. The molecule has 0 bridgehead atoms. The first-order chi connectivity index (χ1) is 15.2. The summed E-state index contributed by atoms with van der Waals surface area (Å²) in [7, 11) is 0. The van der Waals surface area contributed by atoms with Crippen LogP contribution in [0.25, 0.3) is 11.0 Å². The first-order valence-corrected chi connectivity index (χ1v) is 12.2.